The van der Waals surface area contributed by atoms with E-state index in [0.717, 1.165) is 5.56 Å². The number of guanidine groups is 1. The van der Waals surface area contributed by atoms with Crippen molar-refractivity contribution in [2.75, 3.05) is 13.7 Å². The summed E-state index contributed by atoms with van der Waals surface area (Å²) >= 11 is 7.30. The molecule has 3 atom stereocenters. The first-order valence-electron chi connectivity index (χ1n) is 13.2. The molecule has 14 heteroatoms. The second-order valence-corrected chi connectivity index (χ2v) is 12.8. The molecule has 1 heterocycles. The molecular weight excluding hydrogens is 600 g/mol. The van der Waals surface area contributed by atoms with Gasteiger partial charge < -0.3 is 26.6 Å². The van der Waals surface area contributed by atoms with Gasteiger partial charge in [-0.3, -0.25) is 9.79 Å². The third-order valence-electron chi connectivity index (χ3n) is 6.76. The molecule has 0 fully saturated rings. The van der Waals surface area contributed by atoms with Gasteiger partial charge in [0, 0.05) is 23.1 Å². The summed E-state index contributed by atoms with van der Waals surface area (Å²) in [5, 5.41) is 16.5. The van der Waals surface area contributed by atoms with E-state index in [0.29, 0.717) is 45.3 Å². The first-order chi connectivity index (χ1) is 19.8. The fourth-order valence-electron chi connectivity index (χ4n) is 4.54. The molecule has 0 spiro atoms. The lowest BCUT2D eigenvalue weighted by molar-refractivity contribution is -0.124. The molecule has 42 heavy (non-hydrogen) atoms. The third kappa shape index (κ3) is 8.65. The monoisotopic (exact) mass is 636 g/mol. The fraction of sp³-hybridized carbons (Fsp3) is 0.393. The largest absolute Gasteiger partial charge is 0.496 e. The smallest absolute Gasteiger partial charge is 0.264 e. The van der Waals surface area contributed by atoms with Gasteiger partial charge in [-0.2, -0.15) is 0 Å². The van der Waals surface area contributed by atoms with E-state index in [1.165, 1.54) is 18.4 Å². The van der Waals surface area contributed by atoms with E-state index in [9.17, 15) is 18.3 Å². The molecule has 11 nitrogen and oxygen atoms in total. The summed E-state index contributed by atoms with van der Waals surface area (Å²) in [5.41, 5.74) is 14.7. The lowest BCUT2D eigenvalue weighted by Crippen LogP contribution is -2.48. The average molecular weight is 637 g/mol. The van der Waals surface area contributed by atoms with Crippen LogP contribution in [0.25, 0.3) is 0 Å². The second kappa shape index (κ2) is 14.8. The number of nitrogens with one attached hydrogen (secondary N) is 2. The highest BCUT2D eigenvalue weighted by molar-refractivity contribution is 7.90. The minimum Gasteiger partial charge on any atom is -0.496 e. The van der Waals surface area contributed by atoms with Crippen LogP contribution in [-0.2, 0) is 21.2 Å². The van der Waals surface area contributed by atoms with Crippen LogP contribution in [0.4, 0.5) is 0 Å². The van der Waals surface area contributed by atoms with Crippen LogP contribution in [0, 0.1) is 20.8 Å². The number of nitrogens with zero attached hydrogens (tertiary/aromatic N) is 2. The number of benzene rings is 2. The molecule has 3 aromatic rings. The van der Waals surface area contributed by atoms with E-state index in [-0.39, 0.29) is 23.8 Å². The molecule has 0 saturated heterocycles. The molecule has 3 rings (SSSR count). The van der Waals surface area contributed by atoms with Crippen molar-refractivity contribution in [3.8, 4) is 5.75 Å². The predicted octanol–water partition coefficient (Wildman–Crippen LogP) is 2.89. The van der Waals surface area contributed by atoms with Gasteiger partial charge in [-0.05, 0) is 80.5 Å². The number of aryl methyl sites for hydroxylation is 1. The Morgan fingerprint density at radius 1 is 1.24 bits per heavy atom. The van der Waals surface area contributed by atoms with Crippen LogP contribution < -0.4 is 26.2 Å². The number of ether oxygens (including phenoxy) is 1. The summed E-state index contributed by atoms with van der Waals surface area (Å²) < 4.78 is 33.9. The van der Waals surface area contributed by atoms with Crippen LogP contribution in [0.1, 0.15) is 46.2 Å². The number of thiazole rings is 1. The molecule has 1 amide bonds. The number of aromatic nitrogens is 1. The van der Waals surface area contributed by atoms with E-state index >= 15 is 0 Å². The molecule has 0 saturated carbocycles. The van der Waals surface area contributed by atoms with Gasteiger partial charge in [-0.15, -0.1) is 11.3 Å². The molecule has 0 aliphatic carbocycles. The zero-order valence-electron chi connectivity index (χ0n) is 23.9. The minimum atomic E-state index is -4.01. The highest BCUT2D eigenvalue weighted by atomic mass is 35.5. The van der Waals surface area contributed by atoms with Crippen molar-refractivity contribution < 1.29 is 23.1 Å². The van der Waals surface area contributed by atoms with Crippen molar-refractivity contribution in [1.82, 2.24) is 15.0 Å². The summed E-state index contributed by atoms with van der Waals surface area (Å²) in [7, 11) is -2.48. The number of nitrogens with two attached hydrogens (primary N) is 2. The highest BCUT2D eigenvalue weighted by Gasteiger charge is 2.27. The van der Waals surface area contributed by atoms with E-state index in [1.807, 2.05) is 6.07 Å². The van der Waals surface area contributed by atoms with Gasteiger partial charge in [-0.25, -0.2) is 18.1 Å². The summed E-state index contributed by atoms with van der Waals surface area (Å²) in [6.07, 6.45) is 1.43. The van der Waals surface area contributed by atoms with Gasteiger partial charge in [0.05, 0.1) is 24.1 Å². The number of hydrogen-bond donors (Lipinski definition) is 5. The van der Waals surface area contributed by atoms with Crippen LogP contribution in [0.15, 0.2) is 51.8 Å². The maximum absolute atomic E-state index is 13.1. The van der Waals surface area contributed by atoms with Crippen LogP contribution in [0.3, 0.4) is 0 Å². The topological polar surface area (TPSA) is 182 Å². The Bertz CT molecular complexity index is 1520. The molecule has 1 aromatic heterocycles. The van der Waals surface area contributed by atoms with E-state index in [2.05, 4.69) is 20.0 Å². The molecule has 0 aliphatic heterocycles. The van der Waals surface area contributed by atoms with Gasteiger partial charge in [0.1, 0.15) is 16.9 Å². The molecule has 2 aromatic carbocycles. The van der Waals surface area contributed by atoms with Gasteiger partial charge in [0.15, 0.2) is 0 Å². The summed E-state index contributed by atoms with van der Waals surface area (Å²) in [6.45, 7) is 5.30. The van der Waals surface area contributed by atoms with Gasteiger partial charge in [0.2, 0.25) is 11.9 Å². The van der Waals surface area contributed by atoms with Crippen molar-refractivity contribution in [2.45, 2.75) is 63.1 Å². The Morgan fingerprint density at radius 3 is 2.62 bits per heavy atom. The Morgan fingerprint density at radius 2 is 1.98 bits per heavy atom. The third-order valence-corrected chi connectivity index (χ3v) is 9.48. The quantitative estimate of drug-likeness (QED) is 0.108. The number of carbonyl (C=O) groups is 1. The van der Waals surface area contributed by atoms with E-state index in [4.69, 9.17) is 27.8 Å². The summed E-state index contributed by atoms with van der Waals surface area (Å²) in [5.74, 6) is -0.114. The number of amides is 1. The lowest BCUT2D eigenvalue weighted by Gasteiger charge is -2.24. The number of aliphatic imine (C=N–C) groups is 1. The number of aliphatic hydroxyl groups excluding tert-OH is 1. The highest BCUT2D eigenvalue weighted by Crippen LogP contribution is 2.30. The Hall–Kier alpha value is -3.23. The van der Waals surface area contributed by atoms with Crippen LogP contribution in [-0.4, -0.2) is 56.1 Å². The Kier molecular flexibility index (Phi) is 11.7. The van der Waals surface area contributed by atoms with E-state index < -0.39 is 34.1 Å². The molecule has 0 bridgehead atoms. The Balaban J connectivity index is 1.65. The SMILES string of the molecule is COc1cc(C)c(S(=O)(=O)NC(N)=NCCC[C@H](NC(=O)[C@@H](N)Cc2cccc(Cl)c2)C(O)c2nccs2)c(C)c1C. The summed E-state index contributed by atoms with van der Waals surface area (Å²) in [6, 6.07) is 7.17. The Labute approximate surface area is 255 Å². The number of hydrogen-bond acceptors (Lipinski definition) is 9. The van der Waals surface area contributed by atoms with Crippen molar-refractivity contribution in [2.24, 2.45) is 16.5 Å². The number of methoxy groups -OCH3 is 1. The van der Waals surface area contributed by atoms with Gasteiger partial charge in [-0.1, -0.05) is 23.7 Å². The molecule has 228 valence electrons. The maximum Gasteiger partial charge on any atom is 0.264 e. The van der Waals surface area contributed by atoms with Crippen molar-refractivity contribution in [3.63, 3.8) is 0 Å². The number of carbonyl (C=O) groups excluding carboxylic acids is 1. The standard InChI is InChI=1S/C28H37ClN6O5S2/c1-16-13-23(40-4)17(2)18(3)25(16)42(38,39)35-28(31)33-10-6-9-22(24(36)27-32-11-12-41-27)34-26(37)21(30)15-19-7-5-8-20(29)14-19/h5,7-8,11-14,21-22,24,36H,6,9-10,15,30H2,1-4H3,(H,34,37)(H3,31,33,35)/t21-,22-,24?/m0/s1. The normalized spacial score (nSPS) is 14.2. The number of sulfonamides is 1. The molecule has 0 radical (unpaired) electrons. The van der Waals surface area contributed by atoms with E-state index in [1.54, 1.807) is 56.6 Å². The van der Waals surface area contributed by atoms with Crippen LogP contribution >= 0.6 is 22.9 Å². The zero-order valence-corrected chi connectivity index (χ0v) is 26.3. The lowest BCUT2D eigenvalue weighted by atomic mass is 10.0. The fourth-order valence-corrected chi connectivity index (χ4v) is 6.92. The summed E-state index contributed by atoms with van der Waals surface area (Å²) in [4.78, 5) is 21.4. The van der Waals surface area contributed by atoms with Crippen molar-refractivity contribution >= 4 is 44.8 Å². The van der Waals surface area contributed by atoms with Crippen molar-refractivity contribution in [1.29, 1.82) is 0 Å². The van der Waals surface area contributed by atoms with Gasteiger partial charge >= 0.3 is 0 Å². The number of rotatable bonds is 13. The average Bonchev–Trinajstić information content (AvgIpc) is 3.46. The number of halogens is 1. The van der Waals surface area contributed by atoms with Crippen LogP contribution in [0.5, 0.6) is 5.75 Å². The molecule has 1 unspecified atom stereocenters. The first kappa shape index (κ1) is 33.3. The molecular formula is C28H37ClN6O5S2. The first-order valence-corrected chi connectivity index (χ1v) is 15.9. The molecule has 7 N–H and O–H groups in total. The minimum absolute atomic E-state index is 0.113. The second-order valence-electron chi connectivity index (χ2n) is 9.86. The van der Waals surface area contributed by atoms with Crippen molar-refractivity contribution in [3.05, 3.63) is 74.2 Å². The predicted molar refractivity (Wildman–Crippen MR) is 165 cm³/mol. The number of aliphatic hydroxyl groups is 1. The zero-order chi connectivity index (χ0) is 31.0. The van der Waals surface area contributed by atoms with Gasteiger partial charge in [0.25, 0.3) is 10.0 Å². The molecule has 0 aliphatic rings. The maximum atomic E-state index is 13.1. The van der Waals surface area contributed by atoms with Crippen LogP contribution in [0.2, 0.25) is 5.02 Å².